The largest absolute Gasteiger partial charge is 0.393 e. The Kier molecular flexibility index (Phi) is 6.17. The molecule has 4 aliphatic rings. The maximum Gasteiger partial charge on any atom is 0.0971 e. The maximum absolute atomic E-state index is 12.3. The average Bonchev–Trinajstić information content (AvgIpc) is 3.02. The van der Waals surface area contributed by atoms with Gasteiger partial charge in [0.1, 0.15) is 0 Å². The molecule has 10 atom stereocenters. The van der Waals surface area contributed by atoms with Crippen molar-refractivity contribution in [1.29, 1.82) is 0 Å². The van der Waals surface area contributed by atoms with Crippen LogP contribution in [0.3, 0.4) is 0 Å². The second kappa shape index (κ2) is 8.03. The molecule has 3 unspecified atom stereocenters. The third-order valence-corrected chi connectivity index (χ3v) is 11.0. The van der Waals surface area contributed by atoms with Crippen LogP contribution in [-0.2, 0) is 0 Å². The lowest BCUT2D eigenvalue weighted by Gasteiger charge is -2.66. The van der Waals surface area contributed by atoms with Gasteiger partial charge < -0.3 is 15.3 Å². The van der Waals surface area contributed by atoms with E-state index in [9.17, 15) is 15.3 Å². The van der Waals surface area contributed by atoms with E-state index in [1.54, 1.807) is 0 Å². The van der Waals surface area contributed by atoms with Crippen molar-refractivity contribution in [3.05, 3.63) is 0 Å². The molecule has 0 aliphatic heterocycles. The summed E-state index contributed by atoms with van der Waals surface area (Å²) in [5.41, 5.74) is -0.719. The van der Waals surface area contributed by atoms with Gasteiger partial charge in [0.15, 0.2) is 0 Å². The van der Waals surface area contributed by atoms with Crippen molar-refractivity contribution in [3.63, 3.8) is 0 Å². The van der Waals surface area contributed by atoms with E-state index in [4.69, 9.17) is 0 Å². The first-order chi connectivity index (χ1) is 14.0. The lowest BCUT2D eigenvalue weighted by molar-refractivity contribution is -0.271. The number of aliphatic hydroxyl groups excluding tert-OH is 2. The topological polar surface area (TPSA) is 60.7 Å². The zero-order valence-electron chi connectivity index (χ0n) is 20.2. The van der Waals surface area contributed by atoms with Crippen LogP contribution in [0.2, 0.25) is 0 Å². The molecule has 4 rings (SSSR count). The van der Waals surface area contributed by atoms with Crippen molar-refractivity contribution in [2.75, 3.05) is 0 Å². The van der Waals surface area contributed by atoms with Gasteiger partial charge in [0, 0.05) is 0 Å². The average molecular weight is 421 g/mol. The second-order valence-corrected chi connectivity index (χ2v) is 12.9. The Morgan fingerprint density at radius 3 is 2.20 bits per heavy atom. The summed E-state index contributed by atoms with van der Waals surface area (Å²) in [6, 6.07) is 0. The highest BCUT2D eigenvalue weighted by molar-refractivity contribution is 5.19. The fraction of sp³-hybridized carbons (Fsp3) is 1.00. The van der Waals surface area contributed by atoms with Crippen molar-refractivity contribution in [3.8, 4) is 0 Å². The fourth-order valence-corrected chi connectivity index (χ4v) is 9.30. The lowest BCUT2D eigenvalue weighted by atomic mass is 9.42. The predicted molar refractivity (Wildman–Crippen MR) is 122 cm³/mol. The molecule has 3 nitrogen and oxygen atoms in total. The third-order valence-electron chi connectivity index (χ3n) is 11.0. The summed E-state index contributed by atoms with van der Waals surface area (Å²) in [6.07, 6.45) is 10.9. The minimum absolute atomic E-state index is 0.0650. The molecule has 4 aliphatic carbocycles. The molecule has 3 heteroatoms. The Labute approximate surface area is 185 Å². The zero-order valence-corrected chi connectivity index (χ0v) is 20.2. The molecule has 30 heavy (non-hydrogen) atoms. The van der Waals surface area contributed by atoms with Crippen LogP contribution in [0.15, 0.2) is 0 Å². The molecule has 0 aromatic carbocycles. The number of rotatable bonds is 5. The summed E-state index contributed by atoms with van der Waals surface area (Å²) in [7, 11) is 0. The van der Waals surface area contributed by atoms with Gasteiger partial charge in [-0.05, 0) is 97.7 Å². The smallest absolute Gasteiger partial charge is 0.0971 e. The highest BCUT2D eigenvalue weighted by Crippen LogP contribution is 2.69. The lowest BCUT2D eigenvalue weighted by Crippen LogP contribution is -2.69. The van der Waals surface area contributed by atoms with Gasteiger partial charge in [0.05, 0.1) is 17.8 Å². The summed E-state index contributed by atoms with van der Waals surface area (Å²) in [5, 5.41) is 33.9. The Hall–Kier alpha value is -0.120. The van der Waals surface area contributed by atoms with E-state index in [-0.39, 0.29) is 28.8 Å². The zero-order chi connectivity index (χ0) is 21.9. The fourth-order valence-electron chi connectivity index (χ4n) is 9.30. The highest BCUT2D eigenvalue weighted by atomic mass is 16.3. The SMILES string of the molecule is CC(C)CCC[C@@H](C)[C@H]1CC[C@@H]2[C@]1(C)CC[C@H]1[C@@]2(O)C(O)CC2CC(O)CC[C@@]21C. The Bertz CT molecular complexity index is 619. The summed E-state index contributed by atoms with van der Waals surface area (Å²) in [4.78, 5) is 0. The predicted octanol–water partition coefficient (Wildman–Crippen LogP) is 5.55. The molecule has 0 aromatic rings. The minimum Gasteiger partial charge on any atom is -0.393 e. The molecule has 0 saturated heterocycles. The molecule has 0 spiro atoms. The van der Waals surface area contributed by atoms with E-state index in [0.29, 0.717) is 24.2 Å². The molecular formula is C27H48O3. The van der Waals surface area contributed by atoms with Crippen molar-refractivity contribution in [2.45, 2.75) is 123 Å². The van der Waals surface area contributed by atoms with Crippen molar-refractivity contribution in [1.82, 2.24) is 0 Å². The van der Waals surface area contributed by atoms with Gasteiger partial charge in [-0.2, -0.15) is 0 Å². The van der Waals surface area contributed by atoms with Crippen LogP contribution in [-0.4, -0.2) is 33.1 Å². The van der Waals surface area contributed by atoms with E-state index in [2.05, 4.69) is 34.6 Å². The van der Waals surface area contributed by atoms with E-state index >= 15 is 0 Å². The van der Waals surface area contributed by atoms with Gasteiger partial charge in [-0.1, -0.05) is 53.9 Å². The van der Waals surface area contributed by atoms with Gasteiger partial charge in [0.2, 0.25) is 0 Å². The molecule has 4 saturated carbocycles. The van der Waals surface area contributed by atoms with E-state index in [1.807, 2.05) is 0 Å². The van der Waals surface area contributed by atoms with Crippen LogP contribution in [0.1, 0.15) is 105 Å². The van der Waals surface area contributed by atoms with Gasteiger partial charge in [-0.15, -0.1) is 0 Å². The molecule has 3 N–H and O–H groups in total. The van der Waals surface area contributed by atoms with Crippen molar-refractivity contribution < 1.29 is 15.3 Å². The second-order valence-electron chi connectivity index (χ2n) is 12.9. The minimum atomic E-state index is -0.938. The summed E-state index contributed by atoms with van der Waals surface area (Å²) < 4.78 is 0. The van der Waals surface area contributed by atoms with E-state index < -0.39 is 11.7 Å². The normalized spacial score (nSPS) is 51.9. The number of hydrogen-bond acceptors (Lipinski definition) is 3. The van der Waals surface area contributed by atoms with Crippen LogP contribution < -0.4 is 0 Å². The molecule has 174 valence electrons. The number of fused-ring (bicyclic) bond motifs is 5. The van der Waals surface area contributed by atoms with E-state index in [0.717, 1.165) is 38.0 Å². The molecule has 0 bridgehead atoms. The Balaban J connectivity index is 1.56. The number of hydrogen-bond donors (Lipinski definition) is 3. The molecule has 0 aromatic heterocycles. The van der Waals surface area contributed by atoms with Crippen LogP contribution in [0.4, 0.5) is 0 Å². The highest BCUT2D eigenvalue weighted by Gasteiger charge is 2.69. The van der Waals surface area contributed by atoms with Crippen LogP contribution in [0, 0.1) is 46.3 Å². The maximum atomic E-state index is 12.3. The molecule has 0 radical (unpaired) electrons. The van der Waals surface area contributed by atoms with Gasteiger partial charge >= 0.3 is 0 Å². The van der Waals surface area contributed by atoms with Gasteiger partial charge in [-0.3, -0.25) is 0 Å². The first-order valence-electron chi connectivity index (χ1n) is 13.1. The van der Waals surface area contributed by atoms with Gasteiger partial charge in [-0.25, -0.2) is 0 Å². The monoisotopic (exact) mass is 420 g/mol. The Morgan fingerprint density at radius 2 is 1.50 bits per heavy atom. The summed E-state index contributed by atoms with van der Waals surface area (Å²) >= 11 is 0. The van der Waals surface area contributed by atoms with Gasteiger partial charge in [0.25, 0.3) is 0 Å². The summed E-state index contributed by atoms with van der Waals surface area (Å²) in [6.45, 7) is 11.9. The Morgan fingerprint density at radius 1 is 0.833 bits per heavy atom. The first-order valence-corrected chi connectivity index (χ1v) is 13.1. The molecule has 0 amide bonds. The quantitative estimate of drug-likeness (QED) is 0.546. The summed E-state index contributed by atoms with van der Waals surface area (Å²) in [5.74, 6) is 2.90. The third kappa shape index (κ3) is 3.41. The molecule has 4 fully saturated rings. The van der Waals surface area contributed by atoms with E-state index in [1.165, 1.54) is 32.1 Å². The first kappa shape index (κ1) is 23.1. The van der Waals surface area contributed by atoms with Crippen molar-refractivity contribution in [2.24, 2.45) is 46.3 Å². The van der Waals surface area contributed by atoms with Crippen LogP contribution >= 0.6 is 0 Å². The van der Waals surface area contributed by atoms with Crippen molar-refractivity contribution >= 4 is 0 Å². The molecule has 0 heterocycles. The molecular weight excluding hydrogens is 372 g/mol. The standard InChI is InChI=1S/C27H48O3/c1-17(2)7-6-8-18(3)21-9-10-22-26(21,5)14-12-23-25(4)13-11-20(28)15-19(25)16-24(29)27(22,23)30/h17-24,28-30H,6-16H2,1-5H3/t18-,19?,20?,21-,22-,23-,24?,25+,26-,27-/m1/s1. The number of aliphatic hydroxyl groups is 3. The van der Waals surface area contributed by atoms with Crippen LogP contribution in [0.25, 0.3) is 0 Å². The van der Waals surface area contributed by atoms with Crippen LogP contribution in [0.5, 0.6) is 0 Å².